The van der Waals surface area contributed by atoms with Crippen LogP contribution in [0.1, 0.15) is 41.3 Å². The minimum Gasteiger partial charge on any atom is -0.438 e. The van der Waals surface area contributed by atoms with Crippen LogP contribution in [0, 0.1) is 12.8 Å². The lowest BCUT2D eigenvalue weighted by atomic mass is 9.93. The van der Waals surface area contributed by atoms with E-state index >= 15 is 0 Å². The third-order valence-electron chi connectivity index (χ3n) is 4.92. The molecule has 0 spiro atoms. The number of likely N-dealkylation sites (tertiary alicyclic amines) is 1. The summed E-state index contributed by atoms with van der Waals surface area (Å²) in [5, 5.41) is 4.07. The first-order valence-corrected chi connectivity index (χ1v) is 9.13. The van der Waals surface area contributed by atoms with Crippen LogP contribution in [0.2, 0.25) is 0 Å². The number of piperidine rings is 1. The summed E-state index contributed by atoms with van der Waals surface area (Å²) in [4.78, 5) is 26.9. The lowest BCUT2D eigenvalue weighted by Crippen LogP contribution is -2.40. The van der Waals surface area contributed by atoms with Gasteiger partial charge in [-0.3, -0.25) is 9.78 Å². The van der Waals surface area contributed by atoms with Crippen LogP contribution in [-0.2, 0) is 6.42 Å². The average molecular weight is 367 g/mol. The van der Waals surface area contributed by atoms with Gasteiger partial charge in [0, 0.05) is 37.5 Å². The highest BCUT2D eigenvalue weighted by Gasteiger charge is 2.27. The van der Waals surface area contributed by atoms with Crippen LogP contribution in [0.3, 0.4) is 0 Å². The zero-order valence-electron chi connectivity index (χ0n) is 15.2. The van der Waals surface area contributed by atoms with Crippen molar-refractivity contribution in [2.45, 2.75) is 32.6 Å². The Hall–Kier alpha value is -3.03. The number of carbonyl (C=O) groups is 1. The Kier molecular flexibility index (Phi) is 4.95. The van der Waals surface area contributed by atoms with Gasteiger partial charge in [-0.2, -0.15) is 4.98 Å². The van der Waals surface area contributed by atoms with E-state index in [1.165, 1.54) is 6.39 Å². The maximum atomic E-state index is 12.6. The van der Waals surface area contributed by atoms with Crippen molar-refractivity contribution in [2.75, 3.05) is 13.1 Å². The SMILES string of the molecule is Cc1ncoc1C(=O)N1CCCC(CCc2noc(-c3ccncc3)n2)C1. The second kappa shape index (κ2) is 7.69. The van der Waals surface area contributed by atoms with Gasteiger partial charge in [-0.25, -0.2) is 4.98 Å². The van der Waals surface area contributed by atoms with Crippen LogP contribution in [0.5, 0.6) is 0 Å². The molecule has 8 heteroatoms. The number of aryl methyl sites for hydroxylation is 2. The molecule has 1 aliphatic heterocycles. The molecule has 4 rings (SSSR count). The van der Waals surface area contributed by atoms with E-state index in [1.807, 2.05) is 17.0 Å². The van der Waals surface area contributed by atoms with Crippen molar-refractivity contribution in [2.24, 2.45) is 5.92 Å². The van der Waals surface area contributed by atoms with Gasteiger partial charge in [0.1, 0.15) is 0 Å². The topological polar surface area (TPSA) is 98.2 Å². The summed E-state index contributed by atoms with van der Waals surface area (Å²) in [7, 11) is 0. The molecule has 1 fully saturated rings. The molecular weight excluding hydrogens is 346 g/mol. The number of rotatable bonds is 5. The normalized spacial score (nSPS) is 17.2. The van der Waals surface area contributed by atoms with Crippen LogP contribution in [-0.4, -0.2) is 44.0 Å². The summed E-state index contributed by atoms with van der Waals surface area (Å²) in [6.45, 7) is 3.26. The molecule has 4 heterocycles. The van der Waals surface area contributed by atoms with Gasteiger partial charge < -0.3 is 13.8 Å². The lowest BCUT2D eigenvalue weighted by molar-refractivity contribution is 0.0635. The smallest absolute Gasteiger partial charge is 0.291 e. The van der Waals surface area contributed by atoms with E-state index in [4.69, 9.17) is 8.94 Å². The summed E-state index contributed by atoms with van der Waals surface area (Å²) in [6, 6.07) is 3.68. The van der Waals surface area contributed by atoms with Crippen LogP contribution in [0.4, 0.5) is 0 Å². The van der Waals surface area contributed by atoms with Crippen LogP contribution >= 0.6 is 0 Å². The second-order valence-electron chi connectivity index (χ2n) is 6.82. The van der Waals surface area contributed by atoms with E-state index in [1.54, 1.807) is 19.3 Å². The quantitative estimate of drug-likeness (QED) is 0.684. The zero-order valence-corrected chi connectivity index (χ0v) is 15.2. The van der Waals surface area contributed by atoms with E-state index in [-0.39, 0.29) is 5.91 Å². The minimum atomic E-state index is -0.0748. The molecule has 0 aliphatic carbocycles. The Bertz CT molecular complexity index is 905. The van der Waals surface area contributed by atoms with Crippen molar-refractivity contribution in [1.29, 1.82) is 0 Å². The third kappa shape index (κ3) is 3.89. The largest absolute Gasteiger partial charge is 0.438 e. The Morgan fingerprint density at radius 1 is 1.33 bits per heavy atom. The number of pyridine rings is 1. The number of nitrogens with zero attached hydrogens (tertiary/aromatic N) is 5. The summed E-state index contributed by atoms with van der Waals surface area (Å²) in [6.07, 6.45) is 8.43. The first kappa shape index (κ1) is 17.4. The van der Waals surface area contributed by atoms with E-state index in [2.05, 4.69) is 20.1 Å². The van der Waals surface area contributed by atoms with Crippen molar-refractivity contribution in [1.82, 2.24) is 25.0 Å². The maximum absolute atomic E-state index is 12.6. The van der Waals surface area contributed by atoms with Gasteiger partial charge in [0.05, 0.1) is 5.69 Å². The molecule has 1 saturated heterocycles. The highest BCUT2D eigenvalue weighted by molar-refractivity contribution is 5.92. The molecule has 1 aliphatic rings. The van der Waals surface area contributed by atoms with Gasteiger partial charge in [-0.15, -0.1) is 0 Å². The fourth-order valence-corrected chi connectivity index (χ4v) is 3.44. The fraction of sp³-hybridized carbons (Fsp3) is 0.421. The molecule has 3 aromatic heterocycles. The van der Waals surface area contributed by atoms with Gasteiger partial charge in [-0.05, 0) is 44.2 Å². The van der Waals surface area contributed by atoms with Crippen molar-refractivity contribution in [3.05, 3.63) is 48.2 Å². The van der Waals surface area contributed by atoms with Crippen LogP contribution in [0.25, 0.3) is 11.5 Å². The molecular formula is C19H21N5O3. The predicted octanol–water partition coefficient (Wildman–Crippen LogP) is 2.91. The molecule has 1 unspecified atom stereocenters. The van der Waals surface area contributed by atoms with Crippen LogP contribution < -0.4 is 0 Å². The van der Waals surface area contributed by atoms with Gasteiger partial charge in [0.25, 0.3) is 11.8 Å². The number of carbonyl (C=O) groups excluding carboxylic acids is 1. The lowest BCUT2D eigenvalue weighted by Gasteiger charge is -2.32. The third-order valence-corrected chi connectivity index (χ3v) is 4.92. The molecule has 0 radical (unpaired) electrons. The number of hydrogen-bond acceptors (Lipinski definition) is 7. The molecule has 1 atom stereocenters. The van der Waals surface area contributed by atoms with E-state index in [0.29, 0.717) is 35.6 Å². The monoisotopic (exact) mass is 367 g/mol. The molecule has 27 heavy (non-hydrogen) atoms. The van der Waals surface area contributed by atoms with Crippen molar-refractivity contribution in [3.63, 3.8) is 0 Å². The molecule has 0 bridgehead atoms. The minimum absolute atomic E-state index is 0.0748. The molecule has 3 aromatic rings. The molecule has 1 amide bonds. The average Bonchev–Trinajstić information content (AvgIpc) is 3.36. The molecule has 140 valence electrons. The summed E-state index contributed by atoms with van der Waals surface area (Å²) < 4.78 is 10.6. The highest BCUT2D eigenvalue weighted by atomic mass is 16.5. The first-order chi connectivity index (χ1) is 13.2. The molecule has 0 saturated carbocycles. The Labute approximate surface area is 156 Å². The Morgan fingerprint density at radius 2 is 2.19 bits per heavy atom. The van der Waals surface area contributed by atoms with Crippen molar-refractivity contribution < 1.29 is 13.7 Å². The maximum Gasteiger partial charge on any atom is 0.291 e. The van der Waals surface area contributed by atoms with Gasteiger partial charge >= 0.3 is 0 Å². The molecule has 8 nitrogen and oxygen atoms in total. The van der Waals surface area contributed by atoms with E-state index < -0.39 is 0 Å². The second-order valence-corrected chi connectivity index (χ2v) is 6.82. The van der Waals surface area contributed by atoms with E-state index in [9.17, 15) is 4.79 Å². The summed E-state index contributed by atoms with van der Waals surface area (Å²) >= 11 is 0. The van der Waals surface area contributed by atoms with Crippen molar-refractivity contribution in [3.8, 4) is 11.5 Å². The highest BCUT2D eigenvalue weighted by Crippen LogP contribution is 2.24. The zero-order chi connectivity index (χ0) is 18.6. The van der Waals surface area contributed by atoms with Crippen LogP contribution in [0.15, 0.2) is 39.9 Å². The number of hydrogen-bond donors (Lipinski definition) is 0. The van der Waals surface area contributed by atoms with Gasteiger partial charge in [-0.1, -0.05) is 5.16 Å². The Morgan fingerprint density at radius 3 is 2.96 bits per heavy atom. The summed E-state index contributed by atoms with van der Waals surface area (Å²) in [5.41, 5.74) is 1.50. The number of aromatic nitrogens is 4. The standard InChI is InChI=1S/C19H21N5O3/c1-13-17(26-12-21-13)19(25)24-10-2-3-14(11-24)4-5-16-22-18(27-23-16)15-6-8-20-9-7-15/h6-9,12,14H,2-5,10-11H2,1H3. The fourth-order valence-electron chi connectivity index (χ4n) is 3.44. The predicted molar refractivity (Wildman–Crippen MR) is 95.7 cm³/mol. The summed E-state index contributed by atoms with van der Waals surface area (Å²) in [5.74, 6) is 1.88. The molecule has 0 aromatic carbocycles. The molecule has 0 N–H and O–H groups in total. The van der Waals surface area contributed by atoms with Gasteiger partial charge in [0.2, 0.25) is 5.76 Å². The van der Waals surface area contributed by atoms with Gasteiger partial charge in [0.15, 0.2) is 12.2 Å². The van der Waals surface area contributed by atoms with E-state index in [0.717, 1.165) is 37.8 Å². The number of oxazole rings is 1. The number of amides is 1. The Balaban J connectivity index is 1.34. The first-order valence-electron chi connectivity index (χ1n) is 9.13. The van der Waals surface area contributed by atoms with Crippen molar-refractivity contribution >= 4 is 5.91 Å².